The van der Waals surface area contributed by atoms with Gasteiger partial charge in [0.2, 0.25) is 5.89 Å². The van der Waals surface area contributed by atoms with Crippen molar-refractivity contribution in [3.63, 3.8) is 0 Å². The van der Waals surface area contributed by atoms with Crippen LogP contribution in [0.3, 0.4) is 0 Å². The van der Waals surface area contributed by atoms with Crippen molar-refractivity contribution in [3.8, 4) is 5.75 Å². The monoisotopic (exact) mass is 625 g/mol. The van der Waals surface area contributed by atoms with E-state index in [-0.39, 0.29) is 6.23 Å². The number of para-hydroxylation sites is 2. The van der Waals surface area contributed by atoms with Crippen molar-refractivity contribution in [2.45, 2.75) is 26.0 Å². The second-order valence-corrected chi connectivity index (χ2v) is 12.0. The van der Waals surface area contributed by atoms with Crippen LogP contribution in [0.2, 0.25) is 0 Å². The maximum Gasteiger partial charge on any atom is 0.226 e. The van der Waals surface area contributed by atoms with Gasteiger partial charge in [0.25, 0.3) is 0 Å². The Morgan fingerprint density at radius 3 is 2.31 bits per heavy atom. The lowest BCUT2D eigenvalue weighted by Crippen LogP contribution is -2.15. The van der Waals surface area contributed by atoms with Gasteiger partial charge in [-0.2, -0.15) is 0 Å². The molecule has 0 spiro atoms. The lowest BCUT2D eigenvalue weighted by molar-refractivity contribution is 0.260. The van der Waals surface area contributed by atoms with E-state index in [1.165, 1.54) is 11.1 Å². The van der Waals surface area contributed by atoms with E-state index < -0.39 is 0 Å². The van der Waals surface area contributed by atoms with Gasteiger partial charge in [0.15, 0.2) is 11.8 Å². The van der Waals surface area contributed by atoms with E-state index in [0.717, 1.165) is 74.4 Å². The predicted octanol–water partition coefficient (Wildman–Crippen LogP) is 11.5. The summed E-state index contributed by atoms with van der Waals surface area (Å²) in [5.74, 6) is 1.44. The summed E-state index contributed by atoms with van der Waals surface area (Å²) >= 11 is 0. The van der Waals surface area contributed by atoms with Crippen molar-refractivity contribution in [2.24, 2.45) is 0 Å². The average molecular weight is 626 g/mol. The summed E-state index contributed by atoms with van der Waals surface area (Å²) in [6.07, 6.45) is 14.7. The third kappa shape index (κ3) is 5.71. The SMILES string of the molecule is C=C(/C=C\C(=C/C)c1nc2cc3ccccc3cc2o1)N(c1ccc(C2=CCCC=C2)cc1)c1ccc(C2Nc3ccccc3O2)cc1. The minimum Gasteiger partial charge on any atom is -0.464 e. The number of hydrogen-bond acceptors (Lipinski definition) is 5. The average Bonchev–Trinajstić information content (AvgIpc) is 3.76. The maximum absolute atomic E-state index is 6.24. The molecule has 5 heteroatoms. The number of allylic oxidation sites excluding steroid dienone is 8. The fourth-order valence-corrected chi connectivity index (χ4v) is 6.33. The smallest absolute Gasteiger partial charge is 0.226 e. The number of rotatable bonds is 8. The molecule has 0 radical (unpaired) electrons. The van der Waals surface area contributed by atoms with Crippen LogP contribution in [0.15, 0.2) is 162 Å². The molecule has 1 unspecified atom stereocenters. The zero-order valence-electron chi connectivity index (χ0n) is 26.8. The Kier molecular flexibility index (Phi) is 7.71. The number of nitrogens with zero attached hydrogens (tertiary/aromatic N) is 2. The number of ether oxygens (including phenoxy) is 1. The molecule has 2 heterocycles. The Labute approximate surface area is 280 Å². The van der Waals surface area contributed by atoms with Gasteiger partial charge in [0, 0.05) is 28.2 Å². The lowest BCUT2D eigenvalue weighted by Gasteiger charge is -2.26. The van der Waals surface area contributed by atoms with Gasteiger partial charge in [-0.05, 0) is 102 Å². The van der Waals surface area contributed by atoms with Crippen molar-refractivity contribution in [1.29, 1.82) is 0 Å². The molecule has 8 rings (SSSR count). The van der Waals surface area contributed by atoms with Crippen LogP contribution in [0.1, 0.15) is 43.0 Å². The zero-order chi connectivity index (χ0) is 32.5. The molecule has 1 N–H and O–H groups in total. The first-order chi connectivity index (χ1) is 23.6. The molecule has 0 amide bonds. The number of benzene rings is 5. The molecule has 48 heavy (non-hydrogen) atoms. The van der Waals surface area contributed by atoms with E-state index in [0.29, 0.717) is 5.89 Å². The summed E-state index contributed by atoms with van der Waals surface area (Å²) in [4.78, 5) is 7.00. The molecule has 0 saturated carbocycles. The Bertz CT molecular complexity index is 2190. The fourth-order valence-electron chi connectivity index (χ4n) is 6.33. The second-order valence-electron chi connectivity index (χ2n) is 12.0. The molecule has 2 aliphatic rings. The standard InChI is InChI=1S/C43H35N3O2/c1-3-30(42-45-39-27-34-13-7-8-14-35(34)28-41(39)48-42)18-17-29(2)46(36-23-19-32(20-24-36)31-11-5-4-6-12-31)37-25-21-33(22-26-37)43-44-38-15-9-10-16-40(38)47-43/h3,5,7-28,43-44H,2,4,6H2,1H3/b18-17-,30-3+. The Morgan fingerprint density at radius 2 is 1.58 bits per heavy atom. The molecule has 0 saturated heterocycles. The summed E-state index contributed by atoms with van der Waals surface area (Å²) in [6.45, 7) is 6.52. The molecule has 234 valence electrons. The highest BCUT2D eigenvalue weighted by Crippen LogP contribution is 2.39. The van der Waals surface area contributed by atoms with E-state index in [2.05, 4.69) is 108 Å². The first kappa shape index (κ1) is 29.3. The number of fused-ring (bicyclic) bond motifs is 3. The van der Waals surface area contributed by atoms with Crippen LogP contribution in [0.4, 0.5) is 17.1 Å². The summed E-state index contributed by atoms with van der Waals surface area (Å²) in [7, 11) is 0. The fraction of sp³-hybridized carbons (Fsp3) is 0.0930. The molecular formula is C43H35N3O2. The summed E-state index contributed by atoms with van der Waals surface area (Å²) in [5.41, 5.74) is 9.80. The molecule has 1 aliphatic heterocycles. The zero-order valence-corrected chi connectivity index (χ0v) is 26.8. The van der Waals surface area contributed by atoms with Gasteiger partial charge in [0.05, 0.1) is 5.69 Å². The van der Waals surface area contributed by atoms with Crippen LogP contribution < -0.4 is 15.0 Å². The van der Waals surface area contributed by atoms with Crippen molar-refractivity contribution in [1.82, 2.24) is 4.98 Å². The lowest BCUT2D eigenvalue weighted by atomic mass is 9.99. The largest absolute Gasteiger partial charge is 0.464 e. The number of oxazole rings is 1. The van der Waals surface area contributed by atoms with Gasteiger partial charge in [0.1, 0.15) is 11.3 Å². The molecule has 5 nitrogen and oxygen atoms in total. The van der Waals surface area contributed by atoms with Gasteiger partial charge < -0.3 is 19.4 Å². The van der Waals surface area contributed by atoms with E-state index in [1.807, 2.05) is 61.5 Å². The third-order valence-electron chi connectivity index (χ3n) is 8.88. The minimum atomic E-state index is -0.241. The van der Waals surface area contributed by atoms with Gasteiger partial charge in [-0.15, -0.1) is 0 Å². The normalized spacial score (nSPS) is 15.7. The van der Waals surface area contributed by atoms with Crippen LogP contribution in [0.5, 0.6) is 5.75 Å². The predicted molar refractivity (Wildman–Crippen MR) is 198 cm³/mol. The molecule has 0 bridgehead atoms. The van der Waals surface area contributed by atoms with Crippen LogP contribution >= 0.6 is 0 Å². The van der Waals surface area contributed by atoms with Gasteiger partial charge in [-0.25, -0.2) is 4.98 Å². The Morgan fingerprint density at radius 1 is 0.854 bits per heavy atom. The van der Waals surface area contributed by atoms with E-state index in [9.17, 15) is 0 Å². The van der Waals surface area contributed by atoms with Crippen molar-refractivity contribution in [3.05, 3.63) is 175 Å². The van der Waals surface area contributed by atoms with Crippen LogP contribution in [-0.4, -0.2) is 4.98 Å². The van der Waals surface area contributed by atoms with E-state index in [4.69, 9.17) is 14.1 Å². The van der Waals surface area contributed by atoms with Crippen LogP contribution in [0.25, 0.3) is 33.0 Å². The van der Waals surface area contributed by atoms with E-state index >= 15 is 0 Å². The highest BCUT2D eigenvalue weighted by molar-refractivity contribution is 5.95. The van der Waals surface area contributed by atoms with Crippen molar-refractivity contribution < 1.29 is 9.15 Å². The molecule has 1 aliphatic carbocycles. The van der Waals surface area contributed by atoms with Crippen molar-refractivity contribution in [2.75, 3.05) is 10.2 Å². The quantitative estimate of drug-likeness (QED) is 0.171. The van der Waals surface area contributed by atoms with E-state index in [1.54, 1.807) is 0 Å². The van der Waals surface area contributed by atoms with Gasteiger partial charge in [-0.1, -0.05) is 91.5 Å². The number of nitrogens with one attached hydrogen (secondary N) is 1. The minimum absolute atomic E-state index is 0.241. The molecule has 5 aromatic carbocycles. The van der Waals surface area contributed by atoms with Gasteiger partial charge >= 0.3 is 0 Å². The summed E-state index contributed by atoms with van der Waals surface area (Å²) < 4.78 is 12.4. The molecular weight excluding hydrogens is 590 g/mol. The van der Waals surface area contributed by atoms with Crippen LogP contribution in [-0.2, 0) is 0 Å². The third-order valence-corrected chi connectivity index (χ3v) is 8.88. The summed E-state index contributed by atoms with van der Waals surface area (Å²) in [5, 5.41) is 5.73. The van der Waals surface area contributed by atoms with Crippen molar-refractivity contribution >= 4 is 50.1 Å². The molecule has 6 aromatic rings. The molecule has 0 fully saturated rings. The first-order valence-corrected chi connectivity index (χ1v) is 16.4. The summed E-state index contributed by atoms with van der Waals surface area (Å²) in [6, 6.07) is 37.5. The Balaban J connectivity index is 1.09. The number of hydrogen-bond donors (Lipinski definition) is 1. The first-order valence-electron chi connectivity index (χ1n) is 16.4. The number of anilines is 3. The van der Waals surface area contributed by atoms with Gasteiger partial charge in [-0.3, -0.25) is 0 Å². The number of aromatic nitrogens is 1. The highest BCUT2D eigenvalue weighted by atomic mass is 16.5. The highest BCUT2D eigenvalue weighted by Gasteiger charge is 2.23. The Hall–Kier alpha value is -6.07. The molecule has 1 atom stereocenters. The molecule has 1 aromatic heterocycles. The topological polar surface area (TPSA) is 50.5 Å². The second kappa shape index (κ2) is 12.6. The van der Waals surface area contributed by atoms with Crippen LogP contribution in [0, 0.1) is 0 Å². The maximum atomic E-state index is 6.24.